The Bertz CT molecular complexity index is 422. The van der Waals surface area contributed by atoms with Gasteiger partial charge in [-0.25, -0.2) is 4.98 Å². The van der Waals surface area contributed by atoms with Crippen LogP contribution >= 0.6 is 0 Å². The second-order valence-corrected chi connectivity index (χ2v) is 6.32. The third kappa shape index (κ3) is 3.43. The van der Waals surface area contributed by atoms with Crippen LogP contribution in [0, 0.1) is 12.8 Å². The number of aryl methyl sites for hydroxylation is 2. The summed E-state index contributed by atoms with van der Waals surface area (Å²) in [5.74, 6) is 1.92. The number of imidazole rings is 1. The molecule has 1 N–H and O–H groups in total. The largest absolute Gasteiger partial charge is 0.330 e. The van der Waals surface area contributed by atoms with Gasteiger partial charge in [0.25, 0.3) is 0 Å². The first-order chi connectivity index (χ1) is 9.67. The summed E-state index contributed by atoms with van der Waals surface area (Å²) in [4.78, 5) is 4.80. The maximum atomic E-state index is 4.80. The highest BCUT2D eigenvalue weighted by Gasteiger charge is 2.22. The summed E-state index contributed by atoms with van der Waals surface area (Å²) >= 11 is 0. The third-order valence-corrected chi connectivity index (χ3v) is 4.79. The quantitative estimate of drug-likeness (QED) is 0.827. The third-order valence-electron chi connectivity index (χ3n) is 4.79. The summed E-state index contributed by atoms with van der Waals surface area (Å²) in [6, 6.07) is 0.568. The molecule has 2 rings (SSSR count). The monoisotopic (exact) mass is 277 g/mol. The molecule has 0 saturated heterocycles. The van der Waals surface area contributed by atoms with Crippen molar-refractivity contribution in [2.75, 3.05) is 6.54 Å². The average Bonchev–Trinajstić information content (AvgIpc) is 2.78. The van der Waals surface area contributed by atoms with E-state index in [4.69, 9.17) is 4.98 Å². The number of rotatable bonds is 7. The van der Waals surface area contributed by atoms with Crippen molar-refractivity contribution >= 4 is 0 Å². The molecule has 0 aromatic carbocycles. The van der Waals surface area contributed by atoms with Gasteiger partial charge in [0.15, 0.2) is 0 Å². The SMILES string of the molecule is CCCNC(Cn1c(C)nc2c1CCCC2)C(C)CC. The van der Waals surface area contributed by atoms with E-state index in [2.05, 4.69) is 37.6 Å². The molecule has 1 aliphatic carbocycles. The minimum absolute atomic E-state index is 0.568. The lowest BCUT2D eigenvalue weighted by atomic mass is 9.97. The molecule has 0 spiro atoms. The zero-order chi connectivity index (χ0) is 14.5. The van der Waals surface area contributed by atoms with Gasteiger partial charge in [0.05, 0.1) is 5.69 Å². The Labute approximate surface area is 124 Å². The maximum absolute atomic E-state index is 4.80. The molecule has 0 fully saturated rings. The van der Waals surface area contributed by atoms with Gasteiger partial charge in [-0.1, -0.05) is 27.2 Å². The molecule has 0 amide bonds. The van der Waals surface area contributed by atoms with E-state index < -0.39 is 0 Å². The predicted molar refractivity (Wildman–Crippen MR) is 85.1 cm³/mol. The summed E-state index contributed by atoms with van der Waals surface area (Å²) < 4.78 is 2.49. The Morgan fingerprint density at radius 1 is 1.25 bits per heavy atom. The van der Waals surface area contributed by atoms with E-state index in [0.717, 1.165) is 13.1 Å². The molecule has 1 aliphatic rings. The second kappa shape index (κ2) is 7.26. The highest BCUT2D eigenvalue weighted by atomic mass is 15.1. The fourth-order valence-corrected chi connectivity index (χ4v) is 3.23. The predicted octanol–water partition coefficient (Wildman–Crippen LogP) is 3.48. The highest BCUT2D eigenvalue weighted by Crippen LogP contribution is 2.23. The first kappa shape index (κ1) is 15.6. The molecule has 0 saturated carbocycles. The maximum Gasteiger partial charge on any atom is 0.106 e. The number of hydrogen-bond donors (Lipinski definition) is 1. The van der Waals surface area contributed by atoms with Crippen molar-refractivity contribution in [2.24, 2.45) is 5.92 Å². The summed E-state index contributed by atoms with van der Waals surface area (Å²) in [6.45, 7) is 11.3. The fraction of sp³-hybridized carbons (Fsp3) is 0.824. The van der Waals surface area contributed by atoms with Crippen molar-refractivity contribution in [2.45, 2.75) is 78.8 Å². The average molecular weight is 277 g/mol. The standard InChI is InChI=1S/C17H31N3/c1-5-11-18-16(13(3)6-2)12-20-14(4)19-15-9-7-8-10-17(15)20/h13,16,18H,5-12H2,1-4H3. The van der Waals surface area contributed by atoms with Gasteiger partial charge in [0.2, 0.25) is 0 Å². The van der Waals surface area contributed by atoms with Gasteiger partial charge in [0, 0.05) is 18.3 Å². The Morgan fingerprint density at radius 3 is 2.70 bits per heavy atom. The van der Waals surface area contributed by atoms with E-state index in [9.17, 15) is 0 Å². The highest BCUT2D eigenvalue weighted by molar-refractivity contribution is 5.20. The Balaban J connectivity index is 2.15. The van der Waals surface area contributed by atoms with Crippen LogP contribution in [0.15, 0.2) is 0 Å². The van der Waals surface area contributed by atoms with Crippen LogP contribution in [-0.4, -0.2) is 22.1 Å². The van der Waals surface area contributed by atoms with Gasteiger partial charge in [0.1, 0.15) is 5.82 Å². The molecular formula is C17H31N3. The van der Waals surface area contributed by atoms with Gasteiger partial charge in [-0.3, -0.25) is 0 Å². The van der Waals surface area contributed by atoms with Crippen LogP contribution in [-0.2, 0) is 19.4 Å². The fourth-order valence-electron chi connectivity index (χ4n) is 3.23. The minimum Gasteiger partial charge on any atom is -0.330 e. The number of fused-ring (bicyclic) bond motifs is 1. The van der Waals surface area contributed by atoms with Gasteiger partial charge in [-0.05, 0) is 51.5 Å². The molecule has 20 heavy (non-hydrogen) atoms. The zero-order valence-electron chi connectivity index (χ0n) is 13.7. The van der Waals surface area contributed by atoms with Crippen molar-refractivity contribution in [1.82, 2.24) is 14.9 Å². The normalized spacial score (nSPS) is 17.8. The molecule has 2 atom stereocenters. The van der Waals surface area contributed by atoms with Crippen LogP contribution in [0.1, 0.15) is 63.7 Å². The Morgan fingerprint density at radius 2 is 2.00 bits per heavy atom. The van der Waals surface area contributed by atoms with E-state index in [1.807, 2.05) is 0 Å². The van der Waals surface area contributed by atoms with Crippen LogP contribution in [0.5, 0.6) is 0 Å². The van der Waals surface area contributed by atoms with Crippen molar-refractivity contribution in [3.8, 4) is 0 Å². The molecule has 3 nitrogen and oxygen atoms in total. The van der Waals surface area contributed by atoms with Crippen LogP contribution in [0.3, 0.4) is 0 Å². The molecule has 1 aromatic heterocycles. The molecule has 0 aliphatic heterocycles. The number of aromatic nitrogens is 2. The first-order valence-corrected chi connectivity index (χ1v) is 8.45. The van der Waals surface area contributed by atoms with Crippen molar-refractivity contribution in [1.29, 1.82) is 0 Å². The van der Waals surface area contributed by atoms with Gasteiger partial charge in [-0.2, -0.15) is 0 Å². The van der Waals surface area contributed by atoms with Crippen LogP contribution < -0.4 is 5.32 Å². The number of nitrogens with zero attached hydrogens (tertiary/aromatic N) is 2. The molecule has 0 radical (unpaired) electrons. The van der Waals surface area contributed by atoms with Crippen molar-refractivity contribution in [3.05, 3.63) is 17.2 Å². The Kier molecular flexibility index (Phi) is 5.64. The van der Waals surface area contributed by atoms with Crippen LogP contribution in [0.25, 0.3) is 0 Å². The molecule has 3 heteroatoms. The summed E-state index contributed by atoms with van der Waals surface area (Å²) in [5.41, 5.74) is 2.88. The topological polar surface area (TPSA) is 29.9 Å². The zero-order valence-corrected chi connectivity index (χ0v) is 13.7. The molecule has 0 bridgehead atoms. The van der Waals surface area contributed by atoms with E-state index in [1.54, 1.807) is 0 Å². The van der Waals surface area contributed by atoms with Crippen LogP contribution in [0.2, 0.25) is 0 Å². The molecular weight excluding hydrogens is 246 g/mol. The molecule has 2 unspecified atom stereocenters. The van der Waals surface area contributed by atoms with Crippen molar-refractivity contribution in [3.63, 3.8) is 0 Å². The number of hydrogen-bond acceptors (Lipinski definition) is 2. The lowest BCUT2D eigenvalue weighted by molar-refractivity contribution is 0.324. The van der Waals surface area contributed by atoms with Gasteiger partial charge in [-0.15, -0.1) is 0 Å². The van der Waals surface area contributed by atoms with E-state index in [-0.39, 0.29) is 0 Å². The molecule has 1 aromatic rings. The van der Waals surface area contributed by atoms with E-state index in [0.29, 0.717) is 12.0 Å². The van der Waals surface area contributed by atoms with E-state index in [1.165, 1.54) is 55.7 Å². The van der Waals surface area contributed by atoms with E-state index >= 15 is 0 Å². The summed E-state index contributed by atoms with van der Waals surface area (Å²) in [5, 5.41) is 3.74. The molecule has 1 heterocycles. The van der Waals surface area contributed by atoms with Crippen LogP contribution in [0.4, 0.5) is 0 Å². The smallest absolute Gasteiger partial charge is 0.106 e. The van der Waals surface area contributed by atoms with Gasteiger partial charge >= 0.3 is 0 Å². The summed E-state index contributed by atoms with van der Waals surface area (Å²) in [7, 11) is 0. The van der Waals surface area contributed by atoms with Gasteiger partial charge < -0.3 is 9.88 Å². The minimum atomic E-state index is 0.568. The van der Waals surface area contributed by atoms with Crippen molar-refractivity contribution < 1.29 is 0 Å². The summed E-state index contributed by atoms with van der Waals surface area (Å²) in [6.07, 6.45) is 7.48. The first-order valence-electron chi connectivity index (χ1n) is 8.45. The lowest BCUT2D eigenvalue weighted by Crippen LogP contribution is -2.39. The second-order valence-electron chi connectivity index (χ2n) is 6.32. The Hall–Kier alpha value is -0.830. The molecule has 114 valence electrons. The lowest BCUT2D eigenvalue weighted by Gasteiger charge is -2.27. The number of nitrogens with one attached hydrogen (secondary N) is 1.